The number of nitrogens with one attached hydrogen (secondary N) is 1. The number of ether oxygens (including phenoxy) is 2. The first-order valence-electron chi connectivity index (χ1n) is 7.93. The maximum atomic E-state index is 6.04. The van der Waals surface area contributed by atoms with Crippen molar-refractivity contribution < 1.29 is 9.47 Å². The average molecular weight is 297 g/mol. The number of aryl methyl sites for hydroxylation is 1. The SMILES string of the molecule is COc1ccc(CCNCC2CCc3ccccc3O2)cc1. The van der Waals surface area contributed by atoms with Crippen LogP contribution in [0.1, 0.15) is 17.5 Å². The van der Waals surface area contributed by atoms with Gasteiger partial charge in [0.1, 0.15) is 17.6 Å². The molecule has 3 rings (SSSR count). The van der Waals surface area contributed by atoms with Gasteiger partial charge in [-0.15, -0.1) is 0 Å². The summed E-state index contributed by atoms with van der Waals surface area (Å²) in [7, 11) is 1.69. The first kappa shape index (κ1) is 14.9. The van der Waals surface area contributed by atoms with E-state index in [0.29, 0.717) is 0 Å². The molecule has 2 aromatic rings. The fraction of sp³-hybridized carbons (Fsp3) is 0.368. The summed E-state index contributed by atoms with van der Waals surface area (Å²) in [6, 6.07) is 16.6. The lowest BCUT2D eigenvalue weighted by molar-refractivity contribution is 0.171. The number of benzene rings is 2. The van der Waals surface area contributed by atoms with E-state index in [1.165, 1.54) is 11.1 Å². The van der Waals surface area contributed by atoms with E-state index in [9.17, 15) is 0 Å². The molecule has 1 N–H and O–H groups in total. The van der Waals surface area contributed by atoms with Crippen molar-refractivity contribution in [3.63, 3.8) is 0 Å². The number of hydrogen-bond donors (Lipinski definition) is 1. The molecule has 0 radical (unpaired) electrons. The molecule has 3 heteroatoms. The van der Waals surface area contributed by atoms with Crippen LogP contribution in [0.25, 0.3) is 0 Å². The molecule has 0 aromatic heterocycles. The minimum absolute atomic E-state index is 0.283. The van der Waals surface area contributed by atoms with Crippen LogP contribution in [0.4, 0.5) is 0 Å². The Labute approximate surface area is 132 Å². The maximum absolute atomic E-state index is 6.04. The molecule has 0 saturated carbocycles. The minimum atomic E-state index is 0.283. The average Bonchev–Trinajstić information content (AvgIpc) is 2.59. The molecular formula is C19H23NO2. The van der Waals surface area contributed by atoms with Crippen molar-refractivity contribution in [1.29, 1.82) is 0 Å². The highest BCUT2D eigenvalue weighted by atomic mass is 16.5. The van der Waals surface area contributed by atoms with E-state index >= 15 is 0 Å². The topological polar surface area (TPSA) is 30.5 Å². The van der Waals surface area contributed by atoms with Crippen molar-refractivity contribution in [2.75, 3.05) is 20.2 Å². The van der Waals surface area contributed by atoms with Gasteiger partial charge in [-0.1, -0.05) is 30.3 Å². The molecule has 3 nitrogen and oxygen atoms in total. The van der Waals surface area contributed by atoms with Crippen molar-refractivity contribution in [2.24, 2.45) is 0 Å². The molecule has 0 spiro atoms. The predicted molar refractivity (Wildman–Crippen MR) is 88.7 cm³/mol. The summed E-state index contributed by atoms with van der Waals surface area (Å²) in [5, 5.41) is 3.51. The molecule has 0 aliphatic carbocycles. The van der Waals surface area contributed by atoms with Gasteiger partial charge >= 0.3 is 0 Å². The highest BCUT2D eigenvalue weighted by Gasteiger charge is 2.18. The van der Waals surface area contributed by atoms with Gasteiger partial charge in [0, 0.05) is 6.54 Å². The highest BCUT2D eigenvalue weighted by Crippen LogP contribution is 2.26. The minimum Gasteiger partial charge on any atom is -0.497 e. The lowest BCUT2D eigenvalue weighted by atomic mass is 10.0. The van der Waals surface area contributed by atoms with E-state index in [1.54, 1.807) is 7.11 Å². The van der Waals surface area contributed by atoms with Gasteiger partial charge in [0.2, 0.25) is 0 Å². The standard InChI is InChI=1S/C19H23NO2/c1-21-17-9-6-15(7-10-17)12-13-20-14-18-11-8-16-4-2-3-5-19(16)22-18/h2-7,9-10,18,20H,8,11-14H2,1H3. The molecule has 0 amide bonds. The van der Waals surface area contributed by atoms with Gasteiger partial charge in [-0.3, -0.25) is 0 Å². The molecule has 116 valence electrons. The molecular weight excluding hydrogens is 274 g/mol. The molecule has 1 aliphatic rings. The Morgan fingerprint density at radius 1 is 1.14 bits per heavy atom. The maximum Gasteiger partial charge on any atom is 0.122 e. The summed E-state index contributed by atoms with van der Waals surface area (Å²) in [6.07, 6.45) is 3.51. The van der Waals surface area contributed by atoms with Gasteiger partial charge in [-0.25, -0.2) is 0 Å². The molecule has 1 unspecified atom stereocenters. The highest BCUT2D eigenvalue weighted by molar-refractivity contribution is 5.35. The Kier molecular flexibility index (Phi) is 4.96. The Hall–Kier alpha value is -2.00. The van der Waals surface area contributed by atoms with E-state index in [-0.39, 0.29) is 6.10 Å². The summed E-state index contributed by atoms with van der Waals surface area (Å²) in [4.78, 5) is 0. The fourth-order valence-corrected chi connectivity index (χ4v) is 2.81. The Balaban J connectivity index is 1.40. The lowest BCUT2D eigenvalue weighted by Gasteiger charge is -2.26. The van der Waals surface area contributed by atoms with Gasteiger partial charge in [0.15, 0.2) is 0 Å². The van der Waals surface area contributed by atoms with E-state index in [4.69, 9.17) is 9.47 Å². The third-order valence-electron chi connectivity index (χ3n) is 4.12. The molecule has 1 aliphatic heterocycles. The van der Waals surface area contributed by atoms with Gasteiger partial charge in [0.25, 0.3) is 0 Å². The van der Waals surface area contributed by atoms with Crippen LogP contribution in [0.2, 0.25) is 0 Å². The number of rotatable bonds is 6. The second-order valence-electron chi connectivity index (χ2n) is 5.69. The fourth-order valence-electron chi connectivity index (χ4n) is 2.81. The molecule has 2 aromatic carbocycles. The largest absolute Gasteiger partial charge is 0.497 e. The monoisotopic (exact) mass is 297 g/mol. The van der Waals surface area contributed by atoms with Crippen LogP contribution in [0.5, 0.6) is 11.5 Å². The van der Waals surface area contributed by atoms with Crippen LogP contribution >= 0.6 is 0 Å². The van der Waals surface area contributed by atoms with Crippen LogP contribution in [-0.2, 0) is 12.8 Å². The van der Waals surface area contributed by atoms with E-state index < -0.39 is 0 Å². The van der Waals surface area contributed by atoms with E-state index in [1.807, 2.05) is 18.2 Å². The Morgan fingerprint density at radius 2 is 1.95 bits per heavy atom. The van der Waals surface area contributed by atoms with Crippen LogP contribution in [0.3, 0.4) is 0 Å². The lowest BCUT2D eigenvalue weighted by Crippen LogP contribution is -2.35. The first-order valence-corrected chi connectivity index (χ1v) is 7.93. The predicted octanol–water partition coefficient (Wildman–Crippen LogP) is 3.22. The van der Waals surface area contributed by atoms with Crippen LogP contribution < -0.4 is 14.8 Å². The first-order chi connectivity index (χ1) is 10.8. The normalized spacial score (nSPS) is 16.7. The third kappa shape index (κ3) is 3.80. The third-order valence-corrected chi connectivity index (χ3v) is 4.12. The second kappa shape index (κ2) is 7.32. The van der Waals surface area contributed by atoms with Crippen molar-refractivity contribution >= 4 is 0 Å². The molecule has 22 heavy (non-hydrogen) atoms. The van der Waals surface area contributed by atoms with E-state index in [0.717, 1.165) is 43.9 Å². The molecule has 1 heterocycles. The van der Waals surface area contributed by atoms with Gasteiger partial charge in [0.05, 0.1) is 7.11 Å². The van der Waals surface area contributed by atoms with Crippen molar-refractivity contribution in [2.45, 2.75) is 25.4 Å². The zero-order chi connectivity index (χ0) is 15.2. The molecule has 0 fully saturated rings. The Morgan fingerprint density at radius 3 is 2.77 bits per heavy atom. The summed E-state index contributed by atoms with van der Waals surface area (Å²) in [5.41, 5.74) is 2.65. The van der Waals surface area contributed by atoms with Gasteiger partial charge in [-0.05, 0) is 55.1 Å². The van der Waals surface area contributed by atoms with Crippen LogP contribution in [-0.4, -0.2) is 26.3 Å². The summed E-state index contributed by atoms with van der Waals surface area (Å²) >= 11 is 0. The van der Waals surface area contributed by atoms with E-state index in [2.05, 4.69) is 35.6 Å². The molecule has 0 saturated heterocycles. The van der Waals surface area contributed by atoms with Crippen molar-refractivity contribution in [1.82, 2.24) is 5.32 Å². The number of methoxy groups -OCH3 is 1. The number of para-hydroxylation sites is 1. The molecule has 1 atom stereocenters. The summed E-state index contributed by atoms with van der Waals surface area (Å²) < 4.78 is 11.2. The number of hydrogen-bond acceptors (Lipinski definition) is 3. The smallest absolute Gasteiger partial charge is 0.122 e. The molecule has 0 bridgehead atoms. The number of fused-ring (bicyclic) bond motifs is 1. The second-order valence-corrected chi connectivity index (χ2v) is 5.69. The van der Waals surface area contributed by atoms with Gasteiger partial charge < -0.3 is 14.8 Å². The van der Waals surface area contributed by atoms with Crippen LogP contribution in [0, 0.1) is 0 Å². The summed E-state index contributed by atoms with van der Waals surface area (Å²) in [5.74, 6) is 1.96. The zero-order valence-electron chi connectivity index (χ0n) is 13.0. The van der Waals surface area contributed by atoms with Crippen molar-refractivity contribution in [3.8, 4) is 11.5 Å². The van der Waals surface area contributed by atoms with Crippen molar-refractivity contribution in [3.05, 3.63) is 59.7 Å². The summed E-state index contributed by atoms with van der Waals surface area (Å²) in [6.45, 7) is 1.87. The quantitative estimate of drug-likeness (QED) is 0.831. The van der Waals surface area contributed by atoms with Gasteiger partial charge in [-0.2, -0.15) is 0 Å². The zero-order valence-corrected chi connectivity index (χ0v) is 13.0. The van der Waals surface area contributed by atoms with Crippen LogP contribution in [0.15, 0.2) is 48.5 Å². The Bertz CT molecular complexity index is 595.